The standard InChI is InChI=1S/C17H26N2/c1-13(2)10-18-11-14-3-6-16(7-4-14)19-12-15-5-8-17(19)9-15/h3-4,6-7,13,15,17-18H,5,8-12H2,1-2H3. The second-order valence-electron chi connectivity index (χ2n) is 6.68. The fourth-order valence-corrected chi connectivity index (χ4v) is 3.55. The van der Waals surface area contributed by atoms with Crippen LogP contribution in [-0.4, -0.2) is 19.1 Å². The van der Waals surface area contributed by atoms with Gasteiger partial charge in [0.2, 0.25) is 0 Å². The second kappa shape index (κ2) is 5.54. The predicted octanol–water partition coefficient (Wildman–Crippen LogP) is 3.42. The van der Waals surface area contributed by atoms with Gasteiger partial charge in [0.05, 0.1) is 0 Å². The predicted molar refractivity (Wildman–Crippen MR) is 81.5 cm³/mol. The SMILES string of the molecule is CC(C)CNCc1ccc(N2CC3CCC2C3)cc1. The van der Waals surface area contributed by atoms with E-state index in [2.05, 4.69) is 48.3 Å². The van der Waals surface area contributed by atoms with Gasteiger partial charge in [0.25, 0.3) is 0 Å². The van der Waals surface area contributed by atoms with Crippen molar-refractivity contribution in [1.82, 2.24) is 5.32 Å². The molecular weight excluding hydrogens is 232 g/mol. The molecule has 1 saturated carbocycles. The zero-order valence-corrected chi connectivity index (χ0v) is 12.2. The molecule has 1 aliphatic carbocycles. The maximum absolute atomic E-state index is 3.50. The third kappa shape index (κ3) is 2.94. The van der Waals surface area contributed by atoms with Crippen LogP contribution in [0, 0.1) is 11.8 Å². The molecule has 2 unspecified atom stereocenters. The number of nitrogens with zero attached hydrogens (tertiary/aromatic N) is 1. The number of hydrogen-bond acceptors (Lipinski definition) is 2. The Morgan fingerprint density at radius 1 is 1.21 bits per heavy atom. The largest absolute Gasteiger partial charge is 0.368 e. The number of anilines is 1. The Hall–Kier alpha value is -1.02. The molecule has 1 aliphatic heterocycles. The molecule has 1 aromatic carbocycles. The first-order chi connectivity index (χ1) is 9.22. The number of rotatable bonds is 5. The molecule has 19 heavy (non-hydrogen) atoms. The van der Waals surface area contributed by atoms with Crippen molar-refractivity contribution < 1.29 is 0 Å². The van der Waals surface area contributed by atoms with E-state index >= 15 is 0 Å². The van der Waals surface area contributed by atoms with Crippen molar-refractivity contribution in [2.75, 3.05) is 18.0 Å². The van der Waals surface area contributed by atoms with E-state index in [9.17, 15) is 0 Å². The average Bonchev–Trinajstić information content (AvgIpc) is 3.01. The van der Waals surface area contributed by atoms with E-state index in [0.29, 0.717) is 0 Å². The Morgan fingerprint density at radius 3 is 2.58 bits per heavy atom. The van der Waals surface area contributed by atoms with Crippen LogP contribution in [-0.2, 0) is 6.54 Å². The van der Waals surface area contributed by atoms with Crippen molar-refractivity contribution in [3.8, 4) is 0 Å². The lowest BCUT2D eigenvalue weighted by Gasteiger charge is -2.29. The van der Waals surface area contributed by atoms with E-state index in [1.165, 1.54) is 37.1 Å². The number of hydrogen-bond donors (Lipinski definition) is 1. The first-order valence-corrected chi connectivity index (χ1v) is 7.78. The van der Waals surface area contributed by atoms with Crippen LogP contribution in [0.4, 0.5) is 5.69 Å². The Kier molecular flexibility index (Phi) is 3.79. The van der Waals surface area contributed by atoms with Crippen molar-refractivity contribution >= 4 is 5.69 Å². The van der Waals surface area contributed by atoms with Crippen molar-refractivity contribution in [3.05, 3.63) is 29.8 Å². The fourth-order valence-electron chi connectivity index (χ4n) is 3.55. The lowest BCUT2D eigenvalue weighted by Crippen LogP contribution is -2.31. The van der Waals surface area contributed by atoms with E-state index < -0.39 is 0 Å². The van der Waals surface area contributed by atoms with Gasteiger partial charge in [-0.05, 0) is 55.3 Å². The summed E-state index contributed by atoms with van der Waals surface area (Å²) in [7, 11) is 0. The van der Waals surface area contributed by atoms with Gasteiger partial charge in [-0.25, -0.2) is 0 Å². The van der Waals surface area contributed by atoms with Gasteiger partial charge in [0.1, 0.15) is 0 Å². The van der Waals surface area contributed by atoms with Crippen molar-refractivity contribution in [1.29, 1.82) is 0 Å². The third-order valence-corrected chi connectivity index (χ3v) is 4.56. The molecular formula is C17H26N2. The Morgan fingerprint density at radius 2 is 2.00 bits per heavy atom. The number of nitrogens with one attached hydrogen (secondary N) is 1. The third-order valence-electron chi connectivity index (χ3n) is 4.56. The van der Waals surface area contributed by atoms with Gasteiger partial charge >= 0.3 is 0 Å². The Labute approximate surface area is 117 Å². The van der Waals surface area contributed by atoms with Gasteiger partial charge in [-0.3, -0.25) is 0 Å². The minimum atomic E-state index is 0.722. The van der Waals surface area contributed by atoms with Crippen LogP contribution in [0.5, 0.6) is 0 Å². The quantitative estimate of drug-likeness (QED) is 0.870. The molecule has 0 spiro atoms. The van der Waals surface area contributed by atoms with Crippen LogP contribution in [0.3, 0.4) is 0 Å². The topological polar surface area (TPSA) is 15.3 Å². The summed E-state index contributed by atoms with van der Waals surface area (Å²) in [6.45, 7) is 7.87. The summed E-state index contributed by atoms with van der Waals surface area (Å²) in [5, 5.41) is 3.50. The van der Waals surface area contributed by atoms with E-state index in [0.717, 1.165) is 31.0 Å². The smallest absolute Gasteiger partial charge is 0.0369 e. The molecule has 0 amide bonds. The molecule has 104 valence electrons. The summed E-state index contributed by atoms with van der Waals surface area (Å²) in [5.74, 6) is 1.69. The van der Waals surface area contributed by atoms with Gasteiger partial charge in [0.15, 0.2) is 0 Å². The molecule has 1 N–H and O–H groups in total. The average molecular weight is 258 g/mol. The van der Waals surface area contributed by atoms with Crippen LogP contribution in [0.15, 0.2) is 24.3 Å². The summed E-state index contributed by atoms with van der Waals surface area (Å²) in [6, 6.07) is 10.0. The molecule has 0 radical (unpaired) electrons. The zero-order valence-electron chi connectivity index (χ0n) is 12.2. The van der Waals surface area contributed by atoms with Crippen LogP contribution in [0.25, 0.3) is 0 Å². The lowest BCUT2D eigenvalue weighted by molar-refractivity contribution is 0.550. The zero-order chi connectivity index (χ0) is 13.2. The van der Waals surface area contributed by atoms with Crippen molar-refractivity contribution in [2.24, 2.45) is 11.8 Å². The molecule has 2 heteroatoms. The minimum absolute atomic E-state index is 0.722. The molecule has 2 atom stereocenters. The highest BCUT2D eigenvalue weighted by Crippen LogP contribution is 2.40. The van der Waals surface area contributed by atoms with E-state index in [1.807, 2.05) is 0 Å². The number of fused-ring (bicyclic) bond motifs is 2. The fraction of sp³-hybridized carbons (Fsp3) is 0.647. The monoisotopic (exact) mass is 258 g/mol. The molecule has 2 bridgehead atoms. The maximum atomic E-state index is 3.50. The first kappa shape index (κ1) is 13.0. The van der Waals surface area contributed by atoms with Crippen molar-refractivity contribution in [2.45, 2.75) is 45.7 Å². The highest BCUT2D eigenvalue weighted by molar-refractivity contribution is 5.50. The van der Waals surface area contributed by atoms with Crippen LogP contribution >= 0.6 is 0 Å². The number of piperidine rings is 1. The first-order valence-electron chi connectivity index (χ1n) is 7.78. The van der Waals surface area contributed by atoms with Gasteiger partial charge in [-0.1, -0.05) is 26.0 Å². The van der Waals surface area contributed by atoms with E-state index in [1.54, 1.807) is 0 Å². The molecule has 1 aromatic rings. The summed E-state index contributed by atoms with van der Waals surface area (Å²) in [4.78, 5) is 2.62. The van der Waals surface area contributed by atoms with Gasteiger partial charge in [-0.2, -0.15) is 0 Å². The molecule has 2 nitrogen and oxygen atoms in total. The Bertz CT molecular complexity index is 410. The molecule has 3 rings (SSSR count). The van der Waals surface area contributed by atoms with Crippen LogP contribution < -0.4 is 10.2 Å². The summed E-state index contributed by atoms with van der Waals surface area (Å²) < 4.78 is 0. The van der Waals surface area contributed by atoms with E-state index in [-0.39, 0.29) is 0 Å². The molecule has 1 saturated heterocycles. The molecule has 2 aliphatic rings. The molecule has 0 aromatic heterocycles. The molecule has 2 fully saturated rings. The maximum Gasteiger partial charge on any atom is 0.0369 e. The lowest BCUT2D eigenvalue weighted by atomic mass is 10.1. The van der Waals surface area contributed by atoms with E-state index in [4.69, 9.17) is 0 Å². The molecule has 1 heterocycles. The van der Waals surface area contributed by atoms with Crippen molar-refractivity contribution in [3.63, 3.8) is 0 Å². The summed E-state index contributed by atoms with van der Waals surface area (Å²) in [6.07, 6.45) is 4.29. The van der Waals surface area contributed by atoms with Gasteiger partial charge in [0, 0.05) is 24.8 Å². The van der Waals surface area contributed by atoms with Crippen LogP contribution in [0.1, 0.15) is 38.7 Å². The Balaban J connectivity index is 1.57. The number of benzene rings is 1. The van der Waals surface area contributed by atoms with Gasteiger partial charge in [-0.15, -0.1) is 0 Å². The second-order valence-corrected chi connectivity index (χ2v) is 6.68. The normalized spacial score (nSPS) is 25.5. The highest BCUT2D eigenvalue weighted by Gasteiger charge is 2.37. The van der Waals surface area contributed by atoms with Crippen LogP contribution in [0.2, 0.25) is 0 Å². The minimum Gasteiger partial charge on any atom is -0.368 e. The summed E-state index contributed by atoms with van der Waals surface area (Å²) in [5.41, 5.74) is 2.83. The highest BCUT2D eigenvalue weighted by atomic mass is 15.2. The summed E-state index contributed by atoms with van der Waals surface area (Å²) >= 11 is 0. The van der Waals surface area contributed by atoms with Gasteiger partial charge < -0.3 is 10.2 Å².